The minimum atomic E-state index is -0.0983. The van der Waals surface area contributed by atoms with Crippen LogP contribution in [0.3, 0.4) is 0 Å². The summed E-state index contributed by atoms with van der Waals surface area (Å²) in [6, 6.07) is 3.52. The molecule has 0 atom stereocenters. The van der Waals surface area contributed by atoms with Crippen molar-refractivity contribution in [3.05, 3.63) is 22.8 Å². The summed E-state index contributed by atoms with van der Waals surface area (Å²) in [4.78, 5) is 30.9. The van der Waals surface area contributed by atoms with E-state index in [9.17, 15) is 9.59 Å². The number of pyridine rings is 1. The molecule has 2 heterocycles. The van der Waals surface area contributed by atoms with Crippen LogP contribution in [0.2, 0.25) is 5.02 Å². The molecule has 1 aliphatic heterocycles. The molecule has 1 fully saturated rings. The lowest BCUT2D eigenvalue weighted by Gasteiger charge is -2.31. The Morgan fingerprint density at radius 2 is 2.05 bits per heavy atom. The predicted octanol–water partition coefficient (Wildman–Crippen LogP) is 0.967. The van der Waals surface area contributed by atoms with Crippen LogP contribution < -0.4 is 5.32 Å². The van der Waals surface area contributed by atoms with Gasteiger partial charge in [-0.3, -0.25) is 9.59 Å². The third-order valence-corrected chi connectivity index (χ3v) is 3.44. The highest BCUT2D eigenvalue weighted by Gasteiger charge is 2.28. The van der Waals surface area contributed by atoms with Crippen LogP contribution in [-0.4, -0.2) is 53.3 Å². The molecule has 108 valence electrons. The van der Waals surface area contributed by atoms with E-state index in [1.807, 2.05) is 6.92 Å². The van der Waals surface area contributed by atoms with Crippen molar-refractivity contribution in [1.82, 2.24) is 14.8 Å². The second-order valence-electron chi connectivity index (χ2n) is 4.65. The van der Waals surface area contributed by atoms with Crippen molar-refractivity contribution in [3.63, 3.8) is 0 Å². The monoisotopic (exact) mass is 296 g/mol. The summed E-state index contributed by atoms with van der Waals surface area (Å²) in [5, 5.41) is 3.58. The van der Waals surface area contributed by atoms with Gasteiger partial charge in [-0.05, 0) is 19.1 Å². The Balaban J connectivity index is 2.14. The van der Waals surface area contributed by atoms with Gasteiger partial charge < -0.3 is 15.1 Å². The number of halogens is 1. The van der Waals surface area contributed by atoms with Gasteiger partial charge in [0.25, 0.3) is 0 Å². The first-order valence-corrected chi connectivity index (χ1v) is 6.80. The normalized spacial score (nSPS) is 15.8. The lowest BCUT2D eigenvalue weighted by molar-refractivity contribution is -0.149. The van der Waals surface area contributed by atoms with Crippen molar-refractivity contribution in [2.45, 2.75) is 13.5 Å². The average molecular weight is 297 g/mol. The van der Waals surface area contributed by atoms with Crippen molar-refractivity contribution in [2.24, 2.45) is 0 Å². The molecule has 1 N–H and O–H groups in total. The Labute approximate surface area is 122 Å². The Morgan fingerprint density at radius 1 is 1.30 bits per heavy atom. The molecule has 0 spiro atoms. The second kappa shape index (κ2) is 6.09. The maximum absolute atomic E-state index is 11.9. The number of carbonyl (C=O) groups excluding carboxylic acids is 2. The number of hydrogen-bond donors (Lipinski definition) is 1. The van der Waals surface area contributed by atoms with Crippen molar-refractivity contribution < 1.29 is 9.59 Å². The lowest BCUT2D eigenvalue weighted by atomic mass is 10.2. The van der Waals surface area contributed by atoms with Crippen LogP contribution in [0.15, 0.2) is 12.1 Å². The molecule has 0 aromatic carbocycles. The van der Waals surface area contributed by atoms with E-state index in [0.717, 1.165) is 6.54 Å². The molecule has 0 bridgehead atoms. The zero-order valence-electron chi connectivity index (χ0n) is 11.5. The number of rotatable bonds is 4. The van der Waals surface area contributed by atoms with Crippen LogP contribution in [-0.2, 0) is 16.1 Å². The molecule has 2 amide bonds. The largest absolute Gasteiger partial charge is 0.370 e. The number of likely N-dealkylation sites (N-methyl/N-ethyl adjacent to an activating group) is 1. The van der Waals surface area contributed by atoms with Gasteiger partial charge >= 0.3 is 0 Å². The molecule has 2 rings (SSSR count). The number of nitrogens with zero attached hydrogens (tertiary/aromatic N) is 3. The topological polar surface area (TPSA) is 65.5 Å². The quantitative estimate of drug-likeness (QED) is 0.899. The molecular weight excluding hydrogens is 280 g/mol. The van der Waals surface area contributed by atoms with Gasteiger partial charge in [-0.2, -0.15) is 0 Å². The molecule has 0 saturated carbocycles. The Kier molecular flexibility index (Phi) is 4.44. The highest BCUT2D eigenvalue weighted by atomic mass is 35.5. The number of hydrogen-bond acceptors (Lipinski definition) is 4. The SMILES string of the molecule is CCNc1ccc(Cl)c(CN2CC(=O)N(C)CC2=O)n1. The predicted molar refractivity (Wildman–Crippen MR) is 76.5 cm³/mol. The van der Waals surface area contributed by atoms with Gasteiger partial charge in [0, 0.05) is 13.6 Å². The molecule has 0 aliphatic carbocycles. The van der Waals surface area contributed by atoms with Crippen LogP contribution in [0.4, 0.5) is 5.82 Å². The van der Waals surface area contributed by atoms with E-state index in [1.54, 1.807) is 19.2 Å². The Morgan fingerprint density at radius 3 is 2.75 bits per heavy atom. The molecule has 7 heteroatoms. The van der Waals surface area contributed by atoms with Gasteiger partial charge in [0.15, 0.2) is 0 Å². The van der Waals surface area contributed by atoms with Gasteiger partial charge in [-0.15, -0.1) is 0 Å². The molecule has 20 heavy (non-hydrogen) atoms. The second-order valence-corrected chi connectivity index (χ2v) is 5.06. The molecular formula is C13H17ClN4O2. The number of nitrogens with one attached hydrogen (secondary N) is 1. The zero-order chi connectivity index (χ0) is 14.7. The number of carbonyl (C=O) groups is 2. The fourth-order valence-corrected chi connectivity index (χ4v) is 2.13. The van der Waals surface area contributed by atoms with E-state index in [4.69, 9.17) is 11.6 Å². The highest BCUT2D eigenvalue weighted by Crippen LogP contribution is 2.19. The van der Waals surface area contributed by atoms with E-state index in [0.29, 0.717) is 16.5 Å². The van der Waals surface area contributed by atoms with Crippen LogP contribution in [0.1, 0.15) is 12.6 Å². The summed E-state index contributed by atoms with van der Waals surface area (Å²) >= 11 is 6.10. The van der Waals surface area contributed by atoms with Crippen LogP contribution in [0.25, 0.3) is 0 Å². The first-order valence-electron chi connectivity index (χ1n) is 6.42. The van der Waals surface area contributed by atoms with E-state index >= 15 is 0 Å². The average Bonchev–Trinajstić information content (AvgIpc) is 2.40. The summed E-state index contributed by atoms with van der Waals surface area (Å²) < 4.78 is 0. The summed E-state index contributed by atoms with van der Waals surface area (Å²) in [7, 11) is 1.62. The molecule has 0 radical (unpaired) electrons. The molecule has 0 unspecified atom stereocenters. The van der Waals surface area contributed by atoms with E-state index in [2.05, 4.69) is 10.3 Å². The van der Waals surface area contributed by atoms with Crippen LogP contribution >= 0.6 is 11.6 Å². The van der Waals surface area contributed by atoms with Crippen molar-refractivity contribution in [2.75, 3.05) is 32.0 Å². The maximum atomic E-state index is 11.9. The van der Waals surface area contributed by atoms with Crippen molar-refractivity contribution in [1.29, 1.82) is 0 Å². The van der Waals surface area contributed by atoms with Gasteiger partial charge in [0.2, 0.25) is 11.8 Å². The van der Waals surface area contributed by atoms with E-state index in [1.165, 1.54) is 9.80 Å². The summed E-state index contributed by atoms with van der Waals surface area (Å²) in [6.45, 7) is 3.14. The summed E-state index contributed by atoms with van der Waals surface area (Å²) in [5.74, 6) is 0.530. The number of amides is 2. The van der Waals surface area contributed by atoms with E-state index < -0.39 is 0 Å². The summed E-state index contributed by atoms with van der Waals surface area (Å²) in [6.07, 6.45) is 0. The third kappa shape index (κ3) is 3.19. The van der Waals surface area contributed by atoms with Crippen LogP contribution in [0.5, 0.6) is 0 Å². The highest BCUT2D eigenvalue weighted by molar-refractivity contribution is 6.31. The first-order chi connectivity index (χ1) is 9.51. The lowest BCUT2D eigenvalue weighted by Crippen LogP contribution is -2.51. The standard InChI is InChI=1S/C13H17ClN4O2/c1-3-15-11-5-4-9(14)10(16-11)6-18-8-12(19)17(2)7-13(18)20/h4-5H,3,6-8H2,1-2H3,(H,15,16). The van der Waals surface area contributed by atoms with Gasteiger partial charge in [-0.25, -0.2) is 4.98 Å². The molecule has 1 aliphatic rings. The fourth-order valence-electron chi connectivity index (χ4n) is 1.96. The molecule has 1 aromatic rings. The fraction of sp³-hybridized carbons (Fsp3) is 0.462. The molecule has 1 saturated heterocycles. The Hall–Kier alpha value is -1.82. The number of aromatic nitrogens is 1. The van der Waals surface area contributed by atoms with Gasteiger partial charge in [0.1, 0.15) is 12.4 Å². The molecule has 6 nitrogen and oxygen atoms in total. The minimum Gasteiger partial charge on any atom is -0.370 e. The van der Waals surface area contributed by atoms with Gasteiger partial charge in [0.05, 0.1) is 23.8 Å². The third-order valence-electron chi connectivity index (χ3n) is 3.09. The Bertz CT molecular complexity index is 535. The van der Waals surface area contributed by atoms with E-state index in [-0.39, 0.29) is 31.4 Å². The van der Waals surface area contributed by atoms with Crippen molar-refractivity contribution >= 4 is 29.2 Å². The smallest absolute Gasteiger partial charge is 0.243 e. The zero-order valence-corrected chi connectivity index (χ0v) is 12.3. The maximum Gasteiger partial charge on any atom is 0.243 e. The molecule has 1 aromatic heterocycles. The minimum absolute atomic E-state index is 0.0682. The number of anilines is 1. The first kappa shape index (κ1) is 14.6. The van der Waals surface area contributed by atoms with Crippen LogP contribution in [0, 0.1) is 0 Å². The number of piperazine rings is 1. The van der Waals surface area contributed by atoms with Crippen molar-refractivity contribution in [3.8, 4) is 0 Å². The van der Waals surface area contributed by atoms with Gasteiger partial charge in [-0.1, -0.05) is 11.6 Å². The summed E-state index contributed by atoms with van der Waals surface area (Å²) in [5.41, 5.74) is 0.593.